The van der Waals surface area contributed by atoms with Crippen molar-refractivity contribution >= 4 is 29.6 Å². The molecule has 2 aromatic rings. The number of halogens is 2. The van der Waals surface area contributed by atoms with E-state index in [0.717, 1.165) is 11.1 Å². The highest BCUT2D eigenvalue weighted by molar-refractivity contribution is 7.98. The molecule has 0 spiro atoms. The number of hydrogen-bond donors (Lipinski definition) is 1. The Bertz CT molecular complexity index is 1130. The number of benzene rings is 2. The largest absolute Gasteiger partial charge is 0.334 e. The number of piperazine rings is 1. The minimum Gasteiger partial charge on any atom is -0.333 e. The second-order valence-corrected chi connectivity index (χ2v) is 10.2. The summed E-state index contributed by atoms with van der Waals surface area (Å²) in [7, 11) is 1.66. The van der Waals surface area contributed by atoms with E-state index in [1.807, 2.05) is 13.2 Å². The molecule has 0 aliphatic carbocycles. The summed E-state index contributed by atoms with van der Waals surface area (Å²) in [5, 5.41) is 5.89. The number of likely N-dealkylation sites (N-methyl/N-ethyl adjacent to an activating group) is 1. The number of thioether (sulfide) groups is 1. The zero-order valence-corrected chi connectivity index (χ0v) is 21.9. The number of carbonyl (C=O) groups excluding carboxylic acids is 3. The number of amides is 4. The average molecular weight is 532 g/mol. The number of urea groups is 1. The van der Waals surface area contributed by atoms with Crippen LogP contribution >= 0.6 is 11.8 Å². The van der Waals surface area contributed by atoms with Gasteiger partial charge in [0, 0.05) is 13.6 Å². The van der Waals surface area contributed by atoms with E-state index in [2.05, 4.69) is 5.32 Å². The normalized spacial score (nSPS) is 21.2. The summed E-state index contributed by atoms with van der Waals surface area (Å²) >= 11 is 1.58. The van der Waals surface area contributed by atoms with Crippen LogP contribution < -0.4 is 5.32 Å². The first kappa shape index (κ1) is 26.9. The minimum absolute atomic E-state index is 0.0446. The number of rotatable bonds is 7. The number of nitrogens with zero attached hydrogens (tertiary/aromatic N) is 4. The van der Waals surface area contributed by atoms with Gasteiger partial charge in [0.05, 0.1) is 19.1 Å². The molecular formula is C26H31F2N5O3S. The first-order chi connectivity index (χ1) is 17.7. The van der Waals surface area contributed by atoms with E-state index in [1.54, 1.807) is 57.9 Å². The summed E-state index contributed by atoms with van der Waals surface area (Å²) in [4.78, 5) is 43.5. The molecule has 11 heteroatoms. The van der Waals surface area contributed by atoms with Gasteiger partial charge in [-0.2, -0.15) is 11.8 Å². The second-order valence-electron chi connectivity index (χ2n) is 9.24. The summed E-state index contributed by atoms with van der Waals surface area (Å²) in [5.74, 6) is -0.472. The fraction of sp³-hybridized carbons (Fsp3) is 0.423. The lowest BCUT2D eigenvalue weighted by molar-refractivity contribution is -0.189. The molecule has 2 aliphatic rings. The molecule has 2 aromatic carbocycles. The van der Waals surface area contributed by atoms with Crippen molar-refractivity contribution in [2.24, 2.45) is 0 Å². The van der Waals surface area contributed by atoms with Crippen LogP contribution in [0.1, 0.15) is 30.5 Å². The van der Waals surface area contributed by atoms with Gasteiger partial charge in [-0.25, -0.2) is 23.6 Å². The Balaban J connectivity index is 1.62. The van der Waals surface area contributed by atoms with Gasteiger partial charge in [0.2, 0.25) is 11.8 Å². The van der Waals surface area contributed by atoms with E-state index in [4.69, 9.17) is 0 Å². The zero-order valence-electron chi connectivity index (χ0n) is 21.1. The molecule has 1 unspecified atom stereocenters. The van der Waals surface area contributed by atoms with E-state index < -0.39 is 24.3 Å². The Labute approximate surface area is 219 Å². The molecule has 4 amide bonds. The third kappa shape index (κ3) is 5.72. The van der Waals surface area contributed by atoms with E-state index >= 15 is 0 Å². The number of carbonyl (C=O) groups is 3. The molecule has 2 saturated heterocycles. The SMILES string of the molecule is CSCC[C@H]1C(=O)N(C(C)c2ccc(F)cc2)C[C@H]2N1C(=O)CN(C)N2C(=O)NCc1ccc(F)cc1. The third-order valence-electron chi connectivity index (χ3n) is 6.87. The predicted octanol–water partition coefficient (Wildman–Crippen LogP) is 3.22. The molecule has 8 nitrogen and oxygen atoms in total. The van der Waals surface area contributed by atoms with Crippen molar-refractivity contribution in [3.05, 3.63) is 71.3 Å². The fourth-order valence-corrected chi connectivity index (χ4v) is 5.36. The Morgan fingerprint density at radius 3 is 2.32 bits per heavy atom. The summed E-state index contributed by atoms with van der Waals surface area (Å²) in [6, 6.07) is 10.3. The van der Waals surface area contributed by atoms with Crippen molar-refractivity contribution in [1.82, 2.24) is 25.1 Å². The number of hydrogen-bond acceptors (Lipinski definition) is 5. The van der Waals surface area contributed by atoms with Crippen molar-refractivity contribution in [2.45, 2.75) is 38.1 Å². The monoisotopic (exact) mass is 531 g/mol. The molecule has 0 bridgehead atoms. The van der Waals surface area contributed by atoms with Crippen molar-refractivity contribution < 1.29 is 23.2 Å². The van der Waals surface area contributed by atoms with Crippen LogP contribution in [0.25, 0.3) is 0 Å². The van der Waals surface area contributed by atoms with Gasteiger partial charge in [0.1, 0.15) is 23.8 Å². The van der Waals surface area contributed by atoms with Gasteiger partial charge in [-0.15, -0.1) is 0 Å². The van der Waals surface area contributed by atoms with Gasteiger partial charge in [-0.05, 0) is 60.7 Å². The maximum Gasteiger partial charge on any atom is 0.334 e. The maximum atomic E-state index is 13.7. The molecule has 2 heterocycles. The van der Waals surface area contributed by atoms with Crippen molar-refractivity contribution in [3.63, 3.8) is 0 Å². The first-order valence-electron chi connectivity index (χ1n) is 12.1. The summed E-state index contributed by atoms with van der Waals surface area (Å²) in [6.07, 6.45) is 1.67. The summed E-state index contributed by atoms with van der Waals surface area (Å²) < 4.78 is 26.8. The Kier molecular flexibility index (Phi) is 8.33. The molecule has 37 heavy (non-hydrogen) atoms. The number of fused-ring (bicyclic) bond motifs is 1. The Morgan fingerprint density at radius 1 is 1.08 bits per heavy atom. The highest BCUT2D eigenvalue weighted by Gasteiger charge is 2.51. The average Bonchev–Trinajstić information content (AvgIpc) is 2.87. The highest BCUT2D eigenvalue weighted by Crippen LogP contribution is 2.32. The van der Waals surface area contributed by atoms with Gasteiger partial charge < -0.3 is 15.1 Å². The topological polar surface area (TPSA) is 76.2 Å². The van der Waals surface area contributed by atoms with Crippen LogP contribution in [-0.2, 0) is 16.1 Å². The minimum atomic E-state index is -0.720. The second kappa shape index (κ2) is 11.5. The van der Waals surface area contributed by atoms with Crippen LogP contribution in [0.5, 0.6) is 0 Å². The van der Waals surface area contributed by atoms with Gasteiger partial charge in [0.15, 0.2) is 0 Å². The molecule has 1 N–H and O–H groups in total. The zero-order chi connectivity index (χ0) is 26.7. The van der Waals surface area contributed by atoms with Gasteiger partial charge in [-0.3, -0.25) is 9.59 Å². The van der Waals surface area contributed by atoms with Gasteiger partial charge >= 0.3 is 6.03 Å². The number of hydrazine groups is 1. The van der Waals surface area contributed by atoms with Gasteiger partial charge in [0.25, 0.3) is 0 Å². The molecule has 0 saturated carbocycles. The molecule has 2 fully saturated rings. The molecular weight excluding hydrogens is 500 g/mol. The summed E-state index contributed by atoms with van der Waals surface area (Å²) in [6.45, 7) is 2.10. The maximum absolute atomic E-state index is 13.7. The van der Waals surface area contributed by atoms with Crippen LogP contribution in [0.3, 0.4) is 0 Å². The van der Waals surface area contributed by atoms with E-state index in [0.29, 0.717) is 12.2 Å². The lowest BCUT2D eigenvalue weighted by Crippen LogP contribution is -2.76. The molecule has 0 aromatic heterocycles. The van der Waals surface area contributed by atoms with Crippen molar-refractivity contribution in [2.75, 3.05) is 32.1 Å². The lowest BCUT2D eigenvalue weighted by atomic mass is 9.99. The van der Waals surface area contributed by atoms with Gasteiger partial charge in [-0.1, -0.05) is 24.3 Å². The van der Waals surface area contributed by atoms with Crippen LogP contribution in [0, 0.1) is 11.6 Å². The smallest absolute Gasteiger partial charge is 0.333 e. The lowest BCUT2D eigenvalue weighted by Gasteiger charge is -2.55. The standard InChI is InChI=1S/C26H31F2N5O3S/c1-17(19-6-10-21(28)11-7-19)31-15-23-32(22(25(31)35)12-13-37-3)24(34)16-30(2)33(23)26(36)29-14-18-4-8-20(27)9-5-18/h4-11,17,22-23H,12-16H2,1-3H3,(H,29,36)/t17?,22-,23-/m0/s1. The van der Waals surface area contributed by atoms with E-state index in [9.17, 15) is 23.2 Å². The predicted molar refractivity (Wildman–Crippen MR) is 137 cm³/mol. The Morgan fingerprint density at radius 2 is 1.70 bits per heavy atom. The Hall–Kier alpha value is -3.18. The van der Waals surface area contributed by atoms with E-state index in [-0.39, 0.29) is 43.1 Å². The quantitative estimate of drug-likeness (QED) is 0.594. The molecule has 0 radical (unpaired) electrons. The number of nitrogens with one attached hydrogen (secondary N) is 1. The summed E-state index contributed by atoms with van der Waals surface area (Å²) in [5.41, 5.74) is 1.49. The fourth-order valence-electron chi connectivity index (χ4n) is 4.90. The van der Waals surface area contributed by atoms with Crippen molar-refractivity contribution in [1.29, 1.82) is 0 Å². The van der Waals surface area contributed by atoms with Crippen LogP contribution in [0.2, 0.25) is 0 Å². The first-order valence-corrected chi connectivity index (χ1v) is 13.5. The van der Waals surface area contributed by atoms with Crippen LogP contribution in [0.4, 0.5) is 13.6 Å². The molecule has 198 valence electrons. The highest BCUT2D eigenvalue weighted by atomic mass is 32.2. The molecule has 3 atom stereocenters. The molecule has 4 rings (SSSR count). The van der Waals surface area contributed by atoms with Crippen molar-refractivity contribution in [3.8, 4) is 0 Å². The third-order valence-corrected chi connectivity index (χ3v) is 7.51. The molecule has 2 aliphatic heterocycles. The van der Waals surface area contributed by atoms with Crippen LogP contribution in [-0.4, -0.2) is 82.0 Å². The van der Waals surface area contributed by atoms with Crippen LogP contribution in [0.15, 0.2) is 48.5 Å². The van der Waals surface area contributed by atoms with E-state index in [1.165, 1.54) is 29.3 Å².